The van der Waals surface area contributed by atoms with Gasteiger partial charge in [-0.15, -0.1) is 0 Å². The highest BCUT2D eigenvalue weighted by Gasteiger charge is 2.18. The van der Waals surface area contributed by atoms with E-state index in [0.29, 0.717) is 0 Å². The molecule has 0 aliphatic rings. The average molecular weight is 294 g/mol. The third kappa shape index (κ3) is 3.77. The maximum Gasteiger partial charge on any atom is 0.146 e. The molecule has 0 atom stereocenters. The van der Waals surface area contributed by atoms with Crippen LogP contribution in [0.15, 0.2) is 83.7 Å². The molecule has 0 aliphatic carbocycles. The van der Waals surface area contributed by atoms with Crippen LogP contribution in [0.4, 0.5) is 0 Å². The van der Waals surface area contributed by atoms with Crippen molar-refractivity contribution in [2.75, 3.05) is 0 Å². The maximum absolute atomic E-state index is 11.3. The van der Waals surface area contributed by atoms with Crippen molar-refractivity contribution in [3.8, 4) is 0 Å². The Morgan fingerprint density at radius 1 is 0.905 bits per heavy atom. The van der Waals surface area contributed by atoms with Crippen molar-refractivity contribution in [2.24, 2.45) is 0 Å². The summed E-state index contributed by atoms with van der Waals surface area (Å²) in [6, 6.07) is 20.8. The predicted molar refractivity (Wildman–Crippen MR) is 92.7 cm³/mol. The van der Waals surface area contributed by atoms with E-state index < -0.39 is 7.92 Å². The van der Waals surface area contributed by atoms with Gasteiger partial charge in [0.1, 0.15) is 6.29 Å². The van der Waals surface area contributed by atoms with Gasteiger partial charge in [-0.25, -0.2) is 0 Å². The molecule has 2 rings (SSSR count). The van der Waals surface area contributed by atoms with E-state index in [9.17, 15) is 4.79 Å². The minimum Gasteiger partial charge on any atom is -0.298 e. The molecule has 0 spiro atoms. The van der Waals surface area contributed by atoms with E-state index in [-0.39, 0.29) is 0 Å². The lowest BCUT2D eigenvalue weighted by atomic mass is 10.3. The van der Waals surface area contributed by atoms with Gasteiger partial charge in [0.05, 0.1) is 0 Å². The zero-order chi connectivity index (χ0) is 15.1. The second-order valence-electron chi connectivity index (χ2n) is 4.69. The summed E-state index contributed by atoms with van der Waals surface area (Å²) in [6.07, 6.45) is 5.02. The number of hydrogen-bond donors (Lipinski definition) is 0. The van der Waals surface area contributed by atoms with E-state index >= 15 is 0 Å². The van der Waals surface area contributed by atoms with Gasteiger partial charge < -0.3 is 0 Å². The van der Waals surface area contributed by atoms with Gasteiger partial charge in [-0.1, -0.05) is 72.8 Å². The summed E-state index contributed by atoms with van der Waals surface area (Å²) in [5.74, 6) is 0. The van der Waals surface area contributed by atoms with Crippen molar-refractivity contribution in [2.45, 2.75) is 13.8 Å². The van der Waals surface area contributed by atoms with Crippen LogP contribution >= 0.6 is 7.92 Å². The molecule has 0 saturated heterocycles. The Morgan fingerprint density at radius 3 is 1.76 bits per heavy atom. The minimum absolute atomic E-state index is 0.704. The molecule has 106 valence electrons. The SMILES string of the molecule is C/C=C\C(=C(/C)C=O)P(c1ccccc1)c1ccccc1. The second kappa shape index (κ2) is 7.71. The van der Waals surface area contributed by atoms with Gasteiger partial charge in [0.25, 0.3) is 0 Å². The Balaban J connectivity index is 2.64. The first-order valence-electron chi connectivity index (χ1n) is 6.97. The number of carbonyl (C=O) groups excluding carboxylic acids is 1. The molecule has 0 N–H and O–H groups in total. The number of carbonyl (C=O) groups is 1. The first-order chi connectivity index (χ1) is 10.3. The van der Waals surface area contributed by atoms with Crippen molar-refractivity contribution in [3.05, 3.63) is 83.7 Å². The molecule has 0 heterocycles. The average Bonchev–Trinajstić information content (AvgIpc) is 2.55. The second-order valence-corrected chi connectivity index (χ2v) is 6.88. The molecule has 0 radical (unpaired) electrons. The van der Waals surface area contributed by atoms with E-state index in [0.717, 1.165) is 17.2 Å². The Hall–Kier alpha value is -1.98. The van der Waals surface area contributed by atoms with E-state index in [1.165, 1.54) is 10.6 Å². The van der Waals surface area contributed by atoms with Crippen LogP contribution in [-0.4, -0.2) is 6.29 Å². The quantitative estimate of drug-likeness (QED) is 0.350. The first-order valence-corrected chi connectivity index (χ1v) is 8.31. The molecule has 0 saturated carbocycles. The molecule has 2 aromatic carbocycles. The third-order valence-corrected chi connectivity index (χ3v) is 5.79. The summed E-state index contributed by atoms with van der Waals surface area (Å²) in [7, 11) is -0.704. The molecular formula is C19H19OP. The van der Waals surface area contributed by atoms with Gasteiger partial charge in [0.15, 0.2) is 0 Å². The van der Waals surface area contributed by atoms with Gasteiger partial charge in [-0.05, 0) is 43.3 Å². The largest absolute Gasteiger partial charge is 0.298 e. The summed E-state index contributed by atoms with van der Waals surface area (Å²) in [5, 5.41) is 3.63. The molecule has 0 bridgehead atoms. The van der Waals surface area contributed by atoms with Crippen LogP contribution in [0, 0.1) is 0 Å². The molecule has 0 aliphatic heterocycles. The number of hydrogen-bond acceptors (Lipinski definition) is 1. The zero-order valence-corrected chi connectivity index (χ0v) is 13.3. The smallest absolute Gasteiger partial charge is 0.146 e. The highest BCUT2D eigenvalue weighted by molar-refractivity contribution is 7.77. The van der Waals surface area contributed by atoms with Crippen LogP contribution in [-0.2, 0) is 4.79 Å². The van der Waals surface area contributed by atoms with E-state index in [4.69, 9.17) is 0 Å². The lowest BCUT2D eigenvalue weighted by Crippen LogP contribution is -2.13. The Kier molecular flexibility index (Phi) is 5.66. The first kappa shape index (κ1) is 15.4. The van der Waals surface area contributed by atoms with Crippen molar-refractivity contribution in [3.63, 3.8) is 0 Å². The van der Waals surface area contributed by atoms with E-state index in [2.05, 4.69) is 54.6 Å². The maximum atomic E-state index is 11.3. The number of aldehydes is 1. The fourth-order valence-corrected chi connectivity index (χ4v) is 4.68. The number of benzene rings is 2. The highest BCUT2D eigenvalue weighted by Crippen LogP contribution is 2.44. The summed E-state index contributed by atoms with van der Waals surface area (Å²) < 4.78 is 0. The van der Waals surface area contributed by atoms with Crippen molar-refractivity contribution in [1.29, 1.82) is 0 Å². The fourth-order valence-electron chi connectivity index (χ4n) is 2.18. The molecule has 0 aromatic heterocycles. The standard InChI is InChI=1S/C19H19OP/c1-3-10-19(16(2)15-20)21(17-11-6-4-7-12-17)18-13-8-5-9-14-18/h3-15H,1-2H3/b10-3-,19-16-. The molecule has 0 unspecified atom stereocenters. The van der Waals surface area contributed by atoms with Gasteiger partial charge in [-0.3, -0.25) is 4.79 Å². The molecule has 0 amide bonds. The van der Waals surface area contributed by atoms with Crippen molar-refractivity contribution >= 4 is 24.8 Å². The van der Waals surface area contributed by atoms with Crippen LogP contribution < -0.4 is 10.6 Å². The molecular weight excluding hydrogens is 275 g/mol. The fraction of sp³-hybridized carbons (Fsp3) is 0.105. The van der Waals surface area contributed by atoms with Crippen LogP contribution in [0.5, 0.6) is 0 Å². The Bertz CT molecular complexity index is 602. The lowest BCUT2D eigenvalue weighted by Gasteiger charge is -2.21. The number of rotatable bonds is 5. The number of allylic oxidation sites excluding steroid dienone is 4. The van der Waals surface area contributed by atoms with Crippen LogP contribution in [0.2, 0.25) is 0 Å². The molecule has 21 heavy (non-hydrogen) atoms. The monoisotopic (exact) mass is 294 g/mol. The van der Waals surface area contributed by atoms with Crippen LogP contribution in [0.3, 0.4) is 0 Å². The van der Waals surface area contributed by atoms with E-state index in [1.807, 2.05) is 32.1 Å². The van der Waals surface area contributed by atoms with E-state index in [1.54, 1.807) is 0 Å². The predicted octanol–water partition coefficient (Wildman–Crippen LogP) is 4.17. The summed E-state index contributed by atoms with van der Waals surface area (Å²) in [4.78, 5) is 11.3. The zero-order valence-electron chi connectivity index (χ0n) is 12.4. The van der Waals surface area contributed by atoms with Gasteiger partial charge >= 0.3 is 0 Å². The van der Waals surface area contributed by atoms with Gasteiger partial charge in [-0.2, -0.15) is 0 Å². The lowest BCUT2D eigenvalue weighted by molar-refractivity contribution is -0.104. The Labute approximate surface area is 127 Å². The van der Waals surface area contributed by atoms with Crippen molar-refractivity contribution in [1.82, 2.24) is 0 Å². The molecule has 1 nitrogen and oxygen atoms in total. The molecule has 0 fully saturated rings. The van der Waals surface area contributed by atoms with Gasteiger partial charge in [0, 0.05) is 0 Å². The normalized spacial score (nSPS) is 12.5. The Morgan fingerprint density at radius 2 is 1.38 bits per heavy atom. The van der Waals surface area contributed by atoms with Crippen LogP contribution in [0.1, 0.15) is 13.8 Å². The molecule has 2 aromatic rings. The topological polar surface area (TPSA) is 17.1 Å². The van der Waals surface area contributed by atoms with Crippen molar-refractivity contribution < 1.29 is 4.79 Å². The molecule has 2 heteroatoms. The van der Waals surface area contributed by atoms with Crippen LogP contribution in [0.25, 0.3) is 0 Å². The summed E-state index contributed by atoms with van der Waals surface area (Å²) >= 11 is 0. The summed E-state index contributed by atoms with van der Waals surface area (Å²) in [6.45, 7) is 3.88. The highest BCUT2D eigenvalue weighted by atomic mass is 31.1. The van der Waals surface area contributed by atoms with Gasteiger partial charge in [0.2, 0.25) is 0 Å². The summed E-state index contributed by atoms with van der Waals surface area (Å²) in [5.41, 5.74) is 0.798. The third-order valence-electron chi connectivity index (χ3n) is 3.18. The minimum atomic E-state index is -0.704.